The van der Waals surface area contributed by atoms with Gasteiger partial charge in [0, 0.05) is 42.4 Å². The van der Waals surface area contributed by atoms with Crippen molar-refractivity contribution >= 4 is 45.6 Å². The summed E-state index contributed by atoms with van der Waals surface area (Å²) in [5.41, 5.74) is 7.73. The number of hydrogen-bond acceptors (Lipinski definition) is 8. The molecule has 1 aliphatic heterocycles. The normalized spacial score (nSPS) is 14.2. The van der Waals surface area contributed by atoms with E-state index in [1.54, 1.807) is 36.3 Å². The molecule has 1 amide bonds. The van der Waals surface area contributed by atoms with E-state index in [1.807, 2.05) is 6.07 Å². The first kappa shape index (κ1) is 22.6. The highest BCUT2D eigenvalue weighted by Gasteiger charge is 2.24. The van der Waals surface area contributed by atoms with Gasteiger partial charge in [0.2, 0.25) is 5.91 Å². The fourth-order valence-electron chi connectivity index (χ4n) is 3.86. The lowest BCUT2D eigenvalue weighted by Gasteiger charge is -2.32. The molecule has 0 unspecified atom stereocenters. The number of hydrogen-bond donors (Lipinski definition) is 2. The third kappa shape index (κ3) is 4.64. The second kappa shape index (κ2) is 9.51. The number of fused-ring (bicyclic) bond motifs is 1. The van der Waals surface area contributed by atoms with Crippen LogP contribution in [0.4, 0.5) is 17.2 Å². The second-order valence-electron chi connectivity index (χ2n) is 7.64. The molecule has 10 heteroatoms. The number of methoxy groups -OCH3 is 1. The molecule has 0 spiro atoms. The Bertz CT molecular complexity index is 1200. The van der Waals surface area contributed by atoms with Gasteiger partial charge in [0.25, 0.3) is 0 Å². The predicted molar refractivity (Wildman–Crippen MR) is 129 cm³/mol. The number of aromatic nitrogens is 2. The summed E-state index contributed by atoms with van der Waals surface area (Å²) in [5, 5.41) is 2.58. The number of hydrazine groups is 1. The molecule has 4 rings (SSSR count). The summed E-state index contributed by atoms with van der Waals surface area (Å²) < 4.78 is 11.8. The Morgan fingerprint density at radius 1 is 1.24 bits per heavy atom. The first-order valence-corrected chi connectivity index (χ1v) is 10.8. The van der Waals surface area contributed by atoms with Crippen LogP contribution < -0.4 is 26.1 Å². The summed E-state index contributed by atoms with van der Waals surface area (Å²) in [7, 11) is 1.57. The maximum Gasteiger partial charge on any atom is 0.245 e. The van der Waals surface area contributed by atoms with Crippen LogP contribution >= 0.6 is 11.6 Å². The largest absolute Gasteiger partial charge is 0.493 e. The lowest BCUT2D eigenvalue weighted by molar-refractivity contribution is -0.127. The lowest BCUT2D eigenvalue weighted by Crippen LogP contribution is -2.41. The Balaban J connectivity index is 1.65. The average Bonchev–Trinajstić information content (AvgIpc) is 2.83. The van der Waals surface area contributed by atoms with Gasteiger partial charge < -0.3 is 20.1 Å². The smallest absolute Gasteiger partial charge is 0.245 e. The van der Waals surface area contributed by atoms with E-state index in [0.29, 0.717) is 70.5 Å². The second-order valence-corrected chi connectivity index (χ2v) is 8.07. The molecule has 2 aromatic carbocycles. The number of carbonyl (C=O) groups is 1. The number of halogens is 1. The van der Waals surface area contributed by atoms with Crippen LogP contribution in [0.2, 0.25) is 5.02 Å². The van der Waals surface area contributed by atoms with E-state index in [1.165, 1.54) is 17.4 Å². The van der Waals surface area contributed by atoms with Crippen molar-refractivity contribution in [3.8, 4) is 11.5 Å². The number of ether oxygens (including phenoxy) is 2. The van der Waals surface area contributed by atoms with Crippen molar-refractivity contribution in [3.05, 3.63) is 54.3 Å². The minimum atomic E-state index is -0.0702. The number of nitrogens with zero attached hydrogens (tertiary/aromatic N) is 4. The van der Waals surface area contributed by atoms with Crippen molar-refractivity contribution in [2.75, 3.05) is 30.9 Å². The number of piperidine rings is 1. The zero-order valence-electron chi connectivity index (χ0n) is 18.2. The lowest BCUT2D eigenvalue weighted by atomic mass is 10.1. The van der Waals surface area contributed by atoms with Gasteiger partial charge in [-0.05, 0) is 30.3 Å². The third-order valence-corrected chi connectivity index (χ3v) is 5.83. The quantitative estimate of drug-likeness (QED) is 0.244. The highest BCUT2D eigenvalue weighted by atomic mass is 35.5. The van der Waals surface area contributed by atoms with Gasteiger partial charge in [-0.1, -0.05) is 18.2 Å². The van der Waals surface area contributed by atoms with Crippen molar-refractivity contribution < 1.29 is 14.3 Å². The molecule has 1 aromatic heterocycles. The first-order chi connectivity index (χ1) is 15.9. The van der Waals surface area contributed by atoms with E-state index < -0.39 is 0 Å². The number of nitrogen functional groups attached to an aromatic ring is 1. The minimum Gasteiger partial charge on any atom is -0.493 e. The summed E-state index contributed by atoms with van der Waals surface area (Å²) in [6.45, 7) is 4.76. The molecule has 4 N–H and O–H groups in total. The first-order valence-electron chi connectivity index (χ1n) is 10.4. The molecular formula is C23H25ClN6O3. The Labute approximate surface area is 196 Å². The van der Waals surface area contributed by atoms with Crippen LogP contribution in [0.1, 0.15) is 12.8 Å². The molecule has 33 heavy (non-hydrogen) atoms. The van der Waals surface area contributed by atoms with Crippen molar-refractivity contribution in [1.82, 2.24) is 14.9 Å². The van der Waals surface area contributed by atoms with Crippen LogP contribution in [0, 0.1) is 0 Å². The van der Waals surface area contributed by atoms with Crippen molar-refractivity contribution in [2.24, 2.45) is 5.84 Å². The zero-order chi connectivity index (χ0) is 23.5. The van der Waals surface area contributed by atoms with E-state index in [-0.39, 0.29) is 12.0 Å². The summed E-state index contributed by atoms with van der Waals surface area (Å²) in [6, 6.07) is 8.66. The van der Waals surface area contributed by atoms with Crippen molar-refractivity contribution in [1.29, 1.82) is 0 Å². The number of rotatable bonds is 6. The van der Waals surface area contributed by atoms with Gasteiger partial charge in [-0.2, -0.15) is 0 Å². The number of benzene rings is 2. The summed E-state index contributed by atoms with van der Waals surface area (Å²) in [5.74, 6) is 7.88. The topological polar surface area (TPSA) is 120 Å². The third-order valence-electron chi connectivity index (χ3n) is 5.60. The standard InChI is InChI=1S/C23H25ClN6O3/c1-3-22(31)29-8-6-15(7-9-29)33-21-11-16-18(12-20(21)32-2)27-13-28-23(16)30(26)19-5-4-14(24)10-17(19)25/h3-5,10-13,15H,1,6-9,25-26H2,2H3. The van der Waals surface area contributed by atoms with Crippen LogP contribution in [0.3, 0.4) is 0 Å². The number of anilines is 3. The molecule has 0 bridgehead atoms. The predicted octanol–water partition coefficient (Wildman–Crippen LogP) is 3.44. The summed E-state index contributed by atoms with van der Waals surface area (Å²) in [4.78, 5) is 22.3. The van der Waals surface area contributed by atoms with Gasteiger partial charge in [0.1, 0.15) is 12.4 Å². The number of amides is 1. The Hall–Kier alpha value is -3.56. The molecule has 1 aliphatic rings. The van der Waals surface area contributed by atoms with Gasteiger partial charge in [0.05, 0.1) is 24.0 Å². The number of likely N-dealkylation sites (tertiary alicyclic amines) is 1. The van der Waals surface area contributed by atoms with E-state index in [4.69, 9.17) is 32.7 Å². The van der Waals surface area contributed by atoms with Crippen LogP contribution in [-0.2, 0) is 4.79 Å². The van der Waals surface area contributed by atoms with Crippen LogP contribution in [-0.4, -0.2) is 47.1 Å². The number of carbonyl (C=O) groups excluding carboxylic acids is 1. The Morgan fingerprint density at radius 3 is 2.67 bits per heavy atom. The van der Waals surface area contributed by atoms with Crippen LogP contribution in [0.15, 0.2) is 49.3 Å². The highest BCUT2D eigenvalue weighted by molar-refractivity contribution is 6.31. The van der Waals surface area contributed by atoms with Crippen molar-refractivity contribution in [3.63, 3.8) is 0 Å². The molecule has 0 saturated carbocycles. The molecule has 9 nitrogen and oxygen atoms in total. The van der Waals surface area contributed by atoms with Crippen LogP contribution in [0.5, 0.6) is 11.5 Å². The van der Waals surface area contributed by atoms with Gasteiger partial charge in [-0.3, -0.25) is 9.80 Å². The SMILES string of the molecule is C=CC(=O)N1CCC(Oc2cc3c(N(N)c4ccc(Cl)cc4N)ncnc3cc2OC)CC1. The molecule has 172 valence electrons. The fraction of sp³-hybridized carbons (Fsp3) is 0.261. The van der Waals surface area contributed by atoms with Gasteiger partial charge in [-0.25, -0.2) is 15.8 Å². The van der Waals surface area contributed by atoms with Gasteiger partial charge in [0.15, 0.2) is 17.3 Å². The molecule has 1 saturated heterocycles. The highest BCUT2D eigenvalue weighted by Crippen LogP contribution is 2.38. The fourth-order valence-corrected chi connectivity index (χ4v) is 4.04. The Kier molecular flexibility index (Phi) is 6.52. The maximum absolute atomic E-state index is 11.8. The molecule has 2 heterocycles. The van der Waals surface area contributed by atoms with Crippen molar-refractivity contribution in [2.45, 2.75) is 18.9 Å². The summed E-state index contributed by atoms with van der Waals surface area (Å²) in [6.07, 6.45) is 4.09. The molecular weight excluding hydrogens is 444 g/mol. The van der Waals surface area contributed by atoms with E-state index in [0.717, 1.165) is 0 Å². The summed E-state index contributed by atoms with van der Waals surface area (Å²) >= 11 is 6.02. The van der Waals surface area contributed by atoms with E-state index in [9.17, 15) is 4.79 Å². The number of nitrogens with two attached hydrogens (primary N) is 2. The zero-order valence-corrected chi connectivity index (χ0v) is 19.0. The van der Waals surface area contributed by atoms with E-state index in [2.05, 4.69) is 16.5 Å². The van der Waals surface area contributed by atoms with E-state index >= 15 is 0 Å². The molecule has 0 atom stereocenters. The minimum absolute atomic E-state index is 0.0666. The average molecular weight is 469 g/mol. The molecule has 0 radical (unpaired) electrons. The maximum atomic E-state index is 11.8. The van der Waals surface area contributed by atoms with Gasteiger partial charge >= 0.3 is 0 Å². The monoisotopic (exact) mass is 468 g/mol. The molecule has 0 aliphatic carbocycles. The molecule has 1 fully saturated rings. The van der Waals surface area contributed by atoms with Crippen LogP contribution in [0.25, 0.3) is 10.9 Å². The molecule has 3 aromatic rings. The van der Waals surface area contributed by atoms with Gasteiger partial charge in [-0.15, -0.1) is 0 Å². The Morgan fingerprint density at radius 2 is 2.00 bits per heavy atom.